The van der Waals surface area contributed by atoms with Gasteiger partial charge in [0, 0.05) is 50.8 Å². The number of nitrogens with zero attached hydrogens (tertiary/aromatic N) is 5. The molecule has 1 aromatic heterocycles. The first-order valence-corrected chi connectivity index (χ1v) is 11.5. The molecule has 1 aliphatic heterocycles. The van der Waals surface area contributed by atoms with Crippen molar-refractivity contribution >= 4 is 0 Å². The molecule has 0 radical (unpaired) electrons. The van der Waals surface area contributed by atoms with E-state index in [-0.39, 0.29) is 11.8 Å². The molecule has 7 heteroatoms. The fraction of sp³-hybridized carbons (Fsp3) is 0.905. The van der Waals surface area contributed by atoms with Crippen molar-refractivity contribution in [2.45, 2.75) is 95.5 Å². The van der Waals surface area contributed by atoms with E-state index < -0.39 is 0 Å². The Kier molecular flexibility index (Phi) is 6.53. The van der Waals surface area contributed by atoms with E-state index in [1.165, 1.54) is 39.0 Å². The van der Waals surface area contributed by atoms with Gasteiger partial charge in [0.15, 0.2) is 0 Å². The van der Waals surface area contributed by atoms with Crippen LogP contribution in [-0.4, -0.2) is 73.6 Å². The Morgan fingerprint density at radius 3 is 1.93 bits per heavy atom. The lowest BCUT2D eigenvalue weighted by molar-refractivity contribution is 0.0236. The summed E-state index contributed by atoms with van der Waals surface area (Å²) < 4.78 is 3.48. The van der Waals surface area contributed by atoms with Crippen LogP contribution in [0.4, 0.5) is 0 Å². The third-order valence-electron chi connectivity index (χ3n) is 7.30. The van der Waals surface area contributed by atoms with E-state index in [9.17, 15) is 9.90 Å². The molecule has 0 bridgehead atoms. The number of piperazine rings is 1. The maximum atomic E-state index is 12.5. The molecule has 3 fully saturated rings. The van der Waals surface area contributed by atoms with Crippen molar-refractivity contribution in [2.75, 3.05) is 26.2 Å². The molecular formula is C21H37N5O2. The van der Waals surface area contributed by atoms with Gasteiger partial charge in [-0.2, -0.15) is 5.10 Å². The molecule has 4 rings (SSSR count). The molecule has 1 aromatic rings. The smallest absolute Gasteiger partial charge is 0.345 e. The van der Waals surface area contributed by atoms with E-state index in [1.54, 1.807) is 11.0 Å². The number of hydrogen-bond donors (Lipinski definition) is 1. The molecule has 3 aliphatic rings. The minimum Gasteiger partial charge on any atom is -0.393 e. The van der Waals surface area contributed by atoms with E-state index in [0.717, 1.165) is 44.9 Å². The molecule has 1 N–H and O–H groups in total. The summed E-state index contributed by atoms with van der Waals surface area (Å²) in [6.07, 6.45) is 11.4. The second-order valence-electron chi connectivity index (χ2n) is 9.04. The maximum Gasteiger partial charge on any atom is 0.345 e. The summed E-state index contributed by atoms with van der Waals surface area (Å²) >= 11 is 0. The molecular weight excluding hydrogens is 354 g/mol. The quantitative estimate of drug-likeness (QED) is 0.830. The van der Waals surface area contributed by atoms with E-state index in [4.69, 9.17) is 0 Å². The SMILES string of the molecule is CCCn1ncn(C2CCC(N3CCN(C4CCC(O)CC4)CC3)CC2)c1=O. The molecule has 158 valence electrons. The van der Waals surface area contributed by atoms with E-state index >= 15 is 0 Å². The second-order valence-corrected chi connectivity index (χ2v) is 9.04. The number of aliphatic hydroxyl groups is 1. The summed E-state index contributed by atoms with van der Waals surface area (Å²) in [7, 11) is 0. The molecule has 0 atom stereocenters. The zero-order valence-electron chi connectivity index (χ0n) is 17.4. The van der Waals surface area contributed by atoms with Gasteiger partial charge in [0.25, 0.3) is 0 Å². The van der Waals surface area contributed by atoms with Gasteiger partial charge in [-0.3, -0.25) is 14.4 Å². The lowest BCUT2D eigenvalue weighted by Gasteiger charge is -2.45. The summed E-state index contributed by atoms with van der Waals surface area (Å²) in [5.41, 5.74) is 0.0662. The first kappa shape index (κ1) is 20.1. The summed E-state index contributed by atoms with van der Waals surface area (Å²) in [5, 5.41) is 14.0. The zero-order valence-corrected chi connectivity index (χ0v) is 17.4. The van der Waals surface area contributed by atoms with Gasteiger partial charge in [-0.05, 0) is 57.8 Å². The first-order valence-electron chi connectivity index (χ1n) is 11.5. The Bertz CT molecular complexity index is 663. The average Bonchev–Trinajstić information content (AvgIpc) is 3.10. The van der Waals surface area contributed by atoms with Gasteiger partial charge < -0.3 is 5.11 Å². The Labute approximate surface area is 168 Å². The fourth-order valence-corrected chi connectivity index (χ4v) is 5.56. The number of aliphatic hydroxyl groups excluding tert-OH is 1. The highest BCUT2D eigenvalue weighted by molar-refractivity contribution is 4.89. The lowest BCUT2D eigenvalue weighted by atomic mass is 9.89. The Morgan fingerprint density at radius 2 is 1.39 bits per heavy atom. The molecule has 1 saturated heterocycles. The molecule has 7 nitrogen and oxygen atoms in total. The van der Waals surface area contributed by atoms with Gasteiger partial charge in [-0.1, -0.05) is 6.92 Å². The second kappa shape index (κ2) is 9.09. The van der Waals surface area contributed by atoms with Crippen LogP contribution in [-0.2, 0) is 6.54 Å². The third-order valence-corrected chi connectivity index (χ3v) is 7.30. The van der Waals surface area contributed by atoms with Gasteiger partial charge in [-0.25, -0.2) is 9.48 Å². The van der Waals surface area contributed by atoms with E-state index in [2.05, 4.69) is 21.8 Å². The van der Waals surface area contributed by atoms with Gasteiger partial charge in [0.2, 0.25) is 0 Å². The van der Waals surface area contributed by atoms with Crippen LogP contribution < -0.4 is 5.69 Å². The largest absolute Gasteiger partial charge is 0.393 e. The van der Waals surface area contributed by atoms with Gasteiger partial charge in [0.05, 0.1) is 6.10 Å². The van der Waals surface area contributed by atoms with Crippen molar-refractivity contribution in [3.05, 3.63) is 16.8 Å². The van der Waals surface area contributed by atoms with E-state index in [0.29, 0.717) is 24.7 Å². The minimum absolute atomic E-state index is 0.0608. The molecule has 0 aromatic carbocycles. The summed E-state index contributed by atoms with van der Waals surface area (Å²) in [4.78, 5) is 17.8. The van der Waals surface area contributed by atoms with Crippen LogP contribution in [0, 0.1) is 0 Å². The standard InChI is InChI=1S/C21H37N5O2/c1-2-11-26-21(28)25(16-22-26)19-5-3-17(4-6-19)23-12-14-24(15-13-23)18-7-9-20(27)10-8-18/h16-20,27H,2-15H2,1H3. The highest BCUT2D eigenvalue weighted by Gasteiger charge is 2.32. The zero-order chi connectivity index (χ0) is 19.5. The topological polar surface area (TPSA) is 66.5 Å². The number of hydrogen-bond acceptors (Lipinski definition) is 5. The van der Waals surface area contributed by atoms with Crippen molar-refractivity contribution in [1.29, 1.82) is 0 Å². The predicted molar refractivity (Wildman–Crippen MR) is 109 cm³/mol. The van der Waals surface area contributed by atoms with Crippen molar-refractivity contribution in [3.63, 3.8) is 0 Å². The van der Waals surface area contributed by atoms with E-state index in [1.807, 2.05) is 4.57 Å². The van der Waals surface area contributed by atoms with Crippen LogP contribution in [0.25, 0.3) is 0 Å². The Morgan fingerprint density at radius 1 is 0.893 bits per heavy atom. The van der Waals surface area contributed by atoms with Crippen LogP contribution in [0.15, 0.2) is 11.1 Å². The number of rotatable bonds is 5. The van der Waals surface area contributed by atoms with Crippen LogP contribution in [0.2, 0.25) is 0 Å². The summed E-state index contributed by atoms with van der Waals surface area (Å²) in [6, 6.07) is 1.69. The Balaban J connectivity index is 1.24. The van der Waals surface area contributed by atoms with Crippen molar-refractivity contribution < 1.29 is 5.11 Å². The molecule has 0 spiro atoms. The highest BCUT2D eigenvalue weighted by atomic mass is 16.3. The maximum absolute atomic E-state index is 12.5. The predicted octanol–water partition coefficient (Wildman–Crippen LogP) is 1.86. The highest BCUT2D eigenvalue weighted by Crippen LogP contribution is 2.31. The summed E-state index contributed by atoms with van der Waals surface area (Å²) in [5.74, 6) is 0. The lowest BCUT2D eigenvalue weighted by Crippen LogP contribution is -2.54. The van der Waals surface area contributed by atoms with Gasteiger partial charge >= 0.3 is 5.69 Å². The molecule has 0 amide bonds. The van der Waals surface area contributed by atoms with Crippen molar-refractivity contribution in [3.8, 4) is 0 Å². The van der Waals surface area contributed by atoms with Crippen molar-refractivity contribution in [2.24, 2.45) is 0 Å². The minimum atomic E-state index is -0.0608. The normalized spacial score (nSPS) is 33.2. The third kappa shape index (κ3) is 4.36. The monoisotopic (exact) mass is 391 g/mol. The van der Waals surface area contributed by atoms with Gasteiger partial charge in [-0.15, -0.1) is 0 Å². The first-order chi connectivity index (χ1) is 13.7. The molecule has 2 heterocycles. The molecule has 2 saturated carbocycles. The number of aromatic nitrogens is 3. The van der Waals surface area contributed by atoms with Crippen LogP contribution in [0.5, 0.6) is 0 Å². The average molecular weight is 392 g/mol. The molecule has 2 aliphatic carbocycles. The molecule has 28 heavy (non-hydrogen) atoms. The molecule has 0 unspecified atom stereocenters. The Hall–Kier alpha value is -1.18. The number of aryl methyl sites for hydroxylation is 1. The van der Waals surface area contributed by atoms with Gasteiger partial charge in [0.1, 0.15) is 6.33 Å². The van der Waals surface area contributed by atoms with Crippen LogP contribution >= 0.6 is 0 Å². The van der Waals surface area contributed by atoms with Crippen LogP contribution in [0.3, 0.4) is 0 Å². The fourth-order valence-electron chi connectivity index (χ4n) is 5.56. The van der Waals surface area contributed by atoms with Crippen molar-refractivity contribution in [1.82, 2.24) is 24.1 Å². The van der Waals surface area contributed by atoms with Crippen LogP contribution in [0.1, 0.15) is 70.8 Å². The summed E-state index contributed by atoms with van der Waals surface area (Å²) in [6.45, 7) is 7.47.